The lowest BCUT2D eigenvalue weighted by atomic mass is 10.1. The van der Waals surface area contributed by atoms with Crippen LogP contribution in [0.3, 0.4) is 0 Å². The summed E-state index contributed by atoms with van der Waals surface area (Å²) in [6.45, 7) is 2.61. The lowest BCUT2D eigenvalue weighted by Crippen LogP contribution is -2.21. The number of amides is 1. The standard InChI is InChI=1S/C21H19N3O3/c1-15-22-10-11-24(15)18-5-3-2-4-17(18)13-23-21(25)9-7-16-6-8-19-20(12-16)27-14-26-19/h2-12H,13-14H2,1H3,(H,23,25)/b9-7+. The molecule has 0 spiro atoms. The molecule has 136 valence electrons. The number of hydrogen-bond acceptors (Lipinski definition) is 4. The number of carbonyl (C=O) groups excluding carboxylic acids is 1. The zero-order valence-corrected chi connectivity index (χ0v) is 14.9. The summed E-state index contributed by atoms with van der Waals surface area (Å²) in [6, 6.07) is 13.5. The van der Waals surface area contributed by atoms with Crippen LogP contribution in [0.25, 0.3) is 11.8 Å². The normalized spacial score (nSPS) is 12.5. The van der Waals surface area contributed by atoms with E-state index in [4.69, 9.17) is 9.47 Å². The number of fused-ring (bicyclic) bond motifs is 1. The third-order valence-corrected chi connectivity index (χ3v) is 4.35. The second kappa shape index (κ2) is 7.37. The summed E-state index contributed by atoms with van der Waals surface area (Å²) < 4.78 is 12.6. The van der Waals surface area contributed by atoms with Crippen LogP contribution in [0.1, 0.15) is 17.0 Å². The van der Waals surface area contributed by atoms with Crippen LogP contribution >= 0.6 is 0 Å². The SMILES string of the molecule is Cc1nccn1-c1ccccc1CNC(=O)/C=C/c1ccc2c(c1)OCO2. The Morgan fingerprint density at radius 3 is 2.93 bits per heavy atom. The first-order valence-corrected chi connectivity index (χ1v) is 8.64. The maximum absolute atomic E-state index is 12.2. The van der Waals surface area contributed by atoms with Crippen molar-refractivity contribution in [2.24, 2.45) is 0 Å². The molecule has 4 rings (SSSR count). The quantitative estimate of drug-likeness (QED) is 0.709. The van der Waals surface area contributed by atoms with Gasteiger partial charge in [0, 0.05) is 25.0 Å². The van der Waals surface area contributed by atoms with E-state index in [0.717, 1.165) is 28.4 Å². The molecule has 3 aromatic rings. The molecule has 27 heavy (non-hydrogen) atoms. The molecule has 0 unspecified atom stereocenters. The number of ether oxygens (including phenoxy) is 2. The van der Waals surface area contributed by atoms with Crippen molar-refractivity contribution in [3.63, 3.8) is 0 Å². The molecule has 1 aliphatic rings. The van der Waals surface area contributed by atoms with Crippen LogP contribution in [-0.2, 0) is 11.3 Å². The van der Waals surface area contributed by atoms with E-state index in [2.05, 4.69) is 10.3 Å². The number of benzene rings is 2. The minimum atomic E-state index is -0.162. The molecule has 0 fully saturated rings. The summed E-state index contributed by atoms with van der Waals surface area (Å²) in [4.78, 5) is 16.5. The average molecular weight is 361 g/mol. The summed E-state index contributed by atoms with van der Waals surface area (Å²) >= 11 is 0. The van der Waals surface area contributed by atoms with Crippen molar-refractivity contribution >= 4 is 12.0 Å². The van der Waals surface area contributed by atoms with Crippen molar-refractivity contribution < 1.29 is 14.3 Å². The maximum Gasteiger partial charge on any atom is 0.244 e. The van der Waals surface area contributed by atoms with Gasteiger partial charge in [-0.3, -0.25) is 4.79 Å². The van der Waals surface area contributed by atoms with E-state index < -0.39 is 0 Å². The second-order valence-corrected chi connectivity index (χ2v) is 6.14. The van der Waals surface area contributed by atoms with Crippen molar-refractivity contribution in [1.82, 2.24) is 14.9 Å². The van der Waals surface area contributed by atoms with Gasteiger partial charge < -0.3 is 19.4 Å². The number of hydrogen-bond donors (Lipinski definition) is 1. The van der Waals surface area contributed by atoms with Gasteiger partial charge in [0.15, 0.2) is 11.5 Å². The fourth-order valence-electron chi connectivity index (χ4n) is 2.96. The Kier molecular flexibility index (Phi) is 4.61. The van der Waals surface area contributed by atoms with Gasteiger partial charge in [0.25, 0.3) is 0 Å². The fourth-order valence-corrected chi connectivity index (χ4v) is 2.96. The van der Waals surface area contributed by atoms with E-state index in [1.807, 2.05) is 60.2 Å². The minimum absolute atomic E-state index is 0.162. The van der Waals surface area contributed by atoms with Crippen molar-refractivity contribution in [2.75, 3.05) is 6.79 Å². The highest BCUT2D eigenvalue weighted by Gasteiger charge is 2.12. The molecule has 0 aliphatic carbocycles. The predicted octanol–water partition coefficient (Wildman–Crippen LogP) is 3.24. The van der Waals surface area contributed by atoms with Gasteiger partial charge in [0.05, 0.1) is 5.69 Å². The van der Waals surface area contributed by atoms with E-state index in [1.165, 1.54) is 6.08 Å². The number of nitrogens with one attached hydrogen (secondary N) is 1. The number of nitrogens with zero attached hydrogens (tertiary/aromatic N) is 2. The number of para-hydroxylation sites is 1. The highest BCUT2D eigenvalue weighted by atomic mass is 16.7. The van der Waals surface area contributed by atoms with Gasteiger partial charge in [-0.2, -0.15) is 0 Å². The molecule has 1 amide bonds. The maximum atomic E-state index is 12.2. The largest absolute Gasteiger partial charge is 0.454 e. The first-order valence-electron chi connectivity index (χ1n) is 8.64. The molecule has 2 aromatic carbocycles. The van der Waals surface area contributed by atoms with Gasteiger partial charge in [-0.25, -0.2) is 4.98 Å². The van der Waals surface area contributed by atoms with Gasteiger partial charge >= 0.3 is 0 Å². The highest BCUT2D eigenvalue weighted by Crippen LogP contribution is 2.32. The Morgan fingerprint density at radius 2 is 2.07 bits per heavy atom. The number of aryl methyl sites for hydroxylation is 1. The Bertz CT molecular complexity index is 1010. The van der Waals surface area contributed by atoms with E-state index >= 15 is 0 Å². The second-order valence-electron chi connectivity index (χ2n) is 6.14. The van der Waals surface area contributed by atoms with Gasteiger partial charge in [-0.1, -0.05) is 24.3 Å². The molecular weight excluding hydrogens is 342 g/mol. The molecule has 0 saturated heterocycles. The lowest BCUT2D eigenvalue weighted by molar-refractivity contribution is -0.116. The van der Waals surface area contributed by atoms with Gasteiger partial charge in [0.2, 0.25) is 12.7 Å². The van der Waals surface area contributed by atoms with Crippen molar-refractivity contribution in [1.29, 1.82) is 0 Å². The molecule has 0 saturated carbocycles. The van der Waals surface area contributed by atoms with Crippen molar-refractivity contribution in [3.05, 3.63) is 77.9 Å². The number of aromatic nitrogens is 2. The van der Waals surface area contributed by atoms with Gasteiger partial charge in [-0.15, -0.1) is 0 Å². The van der Waals surface area contributed by atoms with E-state index in [1.54, 1.807) is 12.3 Å². The molecule has 0 radical (unpaired) electrons. The Balaban J connectivity index is 1.42. The Labute approximate surface area is 157 Å². The summed E-state index contributed by atoms with van der Waals surface area (Å²) in [5, 5.41) is 2.93. The first kappa shape index (κ1) is 16.9. The zero-order chi connectivity index (χ0) is 18.6. The lowest BCUT2D eigenvalue weighted by Gasteiger charge is -2.12. The summed E-state index contributed by atoms with van der Waals surface area (Å²) in [5.41, 5.74) is 2.90. The molecule has 1 aromatic heterocycles. The predicted molar refractivity (Wildman–Crippen MR) is 102 cm³/mol. The summed E-state index contributed by atoms with van der Waals surface area (Å²) in [7, 11) is 0. The van der Waals surface area contributed by atoms with Crippen LogP contribution in [0.2, 0.25) is 0 Å². The number of carbonyl (C=O) groups is 1. The first-order chi connectivity index (χ1) is 13.2. The Morgan fingerprint density at radius 1 is 1.22 bits per heavy atom. The number of rotatable bonds is 5. The van der Waals surface area contributed by atoms with Crippen LogP contribution < -0.4 is 14.8 Å². The smallest absolute Gasteiger partial charge is 0.244 e. The van der Waals surface area contributed by atoms with Crippen molar-refractivity contribution in [3.8, 4) is 17.2 Å². The molecular formula is C21H19N3O3. The van der Waals surface area contributed by atoms with Gasteiger partial charge in [0.1, 0.15) is 5.82 Å². The molecule has 0 atom stereocenters. The molecule has 2 heterocycles. The minimum Gasteiger partial charge on any atom is -0.454 e. The molecule has 6 nitrogen and oxygen atoms in total. The van der Waals surface area contributed by atoms with E-state index in [0.29, 0.717) is 12.3 Å². The van der Waals surface area contributed by atoms with Gasteiger partial charge in [-0.05, 0) is 42.3 Å². The highest BCUT2D eigenvalue weighted by molar-refractivity contribution is 5.91. The topological polar surface area (TPSA) is 65.4 Å². The van der Waals surface area contributed by atoms with Crippen LogP contribution in [0, 0.1) is 6.92 Å². The average Bonchev–Trinajstić information content (AvgIpc) is 3.33. The van der Waals surface area contributed by atoms with Crippen molar-refractivity contribution in [2.45, 2.75) is 13.5 Å². The third kappa shape index (κ3) is 3.69. The molecule has 0 bridgehead atoms. The molecule has 1 aliphatic heterocycles. The Hall–Kier alpha value is -3.54. The van der Waals surface area contributed by atoms with Crippen LogP contribution in [0.5, 0.6) is 11.5 Å². The van der Waals surface area contributed by atoms with Crippen LogP contribution in [0.15, 0.2) is 60.9 Å². The zero-order valence-electron chi connectivity index (χ0n) is 14.9. The van der Waals surface area contributed by atoms with Crippen LogP contribution in [-0.4, -0.2) is 22.3 Å². The molecule has 6 heteroatoms. The van der Waals surface area contributed by atoms with E-state index in [-0.39, 0.29) is 12.7 Å². The fraction of sp³-hybridized carbons (Fsp3) is 0.143. The van der Waals surface area contributed by atoms with E-state index in [9.17, 15) is 4.79 Å². The monoisotopic (exact) mass is 361 g/mol. The number of imidazole rings is 1. The molecule has 1 N–H and O–H groups in total. The third-order valence-electron chi connectivity index (χ3n) is 4.35. The summed E-state index contributed by atoms with van der Waals surface area (Å²) in [6.07, 6.45) is 6.94. The summed E-state index contributed by atoms with van der Waals surface area (Å²) in [5.74, 6) is 2.16. The van der Waals surface area contributed by atoms with Crippen LogP contribution in [0.4, 0.5) is 0 Å².